The van der Waals surface area contributed by atoms with Crippen molar-refractivity contribution in [3.8, 4) is 0 Å². The lowest BCUT2D eigenvalue weighted by Crippen LogP contribution is -2.48. The van der Waals surface area contributed by atoms with Gasteiger partial charge in [0.1, 0.15) is 0 Å². The first-order valence-corrected chi connectivity index (χ1v) is 10.1. The van der Waals surface area contributed by atoms with E-state index in [9.17, 15) is 15.6 Å². The molecule has 142 valence electrons. The van der Waals surface area contributed by atoms with E-state index in [1.165, 1.54) is 56.2 Å². The summed E-state index contributed by atoms with van der Waals surface area (Å²) in [7, 11) is 0. The quantitative estimate of drug-likeness (QED) is 0.245. The molecule has 0 atom stereocenters. The fourth-order valence-corrected chi connectivity index (χ4v) is 6.47. The third-order valence-corrected chi connectivity index (χ3v) is 7.26. The molecule has 0 unspecified atom stereocenters. The van der Waals surface area contributed by atoms with E-state index in [0.29, 0.717) is 16.7 Å². The third kappa shape index (κ3) is 2.78. The second kappa shape index (κ2) is 6.39. The van der Waals surface area contributed by atoms with E-state index in [1.54, 1.807) is 12.1 Å². The first-order valence-electron chi connectivity index (χ1n) is 10.1. The molecule has 0 saturated heterocycles. The monoisotopic (exact) mass is 373 g/mol. The predicted molar refractivity (Wildman–Crippen MR) is 106 cm³/mol. The molecule has 0 N–H and O–H groups in total. The molecule has 2 aromatic carbocycles. The summed E-state index contributed by atoms with van der Waals surface area (Å²) in [5.41, 5.74) is 13.3. The fourth-order valence-electron chi connectivity index (χ4n) is 6.47. The van der Waals surface area contributed by atoms with Crippen LogP contribution in [0.25, 0.3) is 5.53 Å². The maximum absolute atomic E-state index is 10.8. The van der Waals surface area contributed by atoms with Gasteiger partial charge in [0.15, 0.2) is 0 Å². The standard InChI is InChI=1S/C23H23N3O2/c24-25-22(19-3-7-21(8-4-19)26(27)28)18-1-5-20(6-2-18)23-12-15-9-16(13-23)11-17(10-15)14-23/h1-8,15-17H,9-14H2. The summed E-state index contributed by atoms with van der Waals surface area (Å²) < 4.78 is 0. The van der Waals surface area contributed by atoms with Crippen molar-refractivity contribution in [1.82, 2.24) is 0 Å². The molecule has 4 aliphatic rings. The number of nitrogens with zero attached hydrogens (tertiary/aromatic N) is 3. The maximum atomic E-state index is 10.8. The van der Waals surface area contributed by atoms with Crippen LogP contribution in [0.3, 0.4) is 0 Å². The van der Waals surface area contributed by atoms with Crippen LogP contribution in [0.1, 0.15) is 55.2 Å². The van der Waals surface area contributed by atoms with Gasteiger partial charge in [-0.3, -0.25) is 10.1 Å². The Morgan fingerprint density at radius 3 is 1.79 bits per heavy atom. The number of non-ortho nitro benzene ring substituents is 1. The van der Waals surface area contributed by atoms with Crippen LogP contribution in [0.5, 0.6) is 0 Å². The smallest absolute Gasteiger partial charge is 0.329 e. The molecule has 4 aliphatic carbocycles. The molecule has 4 bridgehead atoms. The minimum atomic E-state index is -0.431. The average molecular weight is 373 g/mol. The van der Waals surface area contributed by atoms with Gasteiger partial charge in [0.2, 0.25) is 0 Å². The summed E-state index contributed by atoms with van der Waals surface area (Å²) in [6, 6.07) is 14.6. The van der Waals surface area contributed by atoms with Gasteiger partial charge >= 0.3 is 5.71 Å². The Bertz CT molecular complexity index is 937. The predicted octanol–water partition coefficient (Wildman–Crippen LogP) is 5.13. The largest absolute Gasteiger partial charge is 0.361 e. The molecular formula is C23H23N3O2. The Kier molecular flexibility index (Phi) is 3.95. The van der Waals surface area contributed by atoms with Crippen molar-refractivity contribution in [2.45, 2.75) is 43.9 Å². The highest BCUT2D eigenvalue weighted by Crippen LogP contribution is 2.60. The van der Waals surface area contributed by atoms with Gasteiger partial charge < -0.3 is 5.53 Å². The normalized spacial score (nSPS) is 30.1. The molecule has 0 aromatic heterocycles. The zero-order valence-electron chi connectivity index (χ0n) is 15.8. The Hall–Kier alpha value is -2.78. The van der Waals surface area contributed by atoms with Crippen LogP contribution in [-0.2, 0) is 5.41 Å². The van der Waals surface area contributed by atoms with Crippen LogP contribution in [0.2, 0.25) is 0 Å². The highest BCUT2D eigenvalue weighted by atomic mass is 16.6. The van der Waals surface area contributed by atoms with E-state index in [2.05, 4.69) is 16.9 Å². The van der Waals surface area contributed by atoms with Gasteiger partial charge in [-0.1, -0.05) is 12.1 Å². The molecule has 2 aromatic rings. The minimum Gasteiger partial charge on any atom is -0.361 e. The third-order valence-electron chi connectivity index (χ3n) is 7.26. The highest BCUT2D eigenvalue weighted by Gasteiger charge is 2.51. The summed E-state index contributed by atoms with van der Waals surface area (Å²) in [4.78, 5) is 13.9. The zero-order valence-corrected chi connectivity index (χ0v) is 15.8. The summed E-state index contributed by atoms with van der Waals surface area (Å²) >= 11 is 0. The molecule has 0 spiro atoms. The van der Waals surface area contributed by atoms with Gasteiger partial charge in [-0.05, 0) is 91.5 Å². The van der Waals surface area contributed by atoms with Gasteiger partial charge in [0.25, 0.3) is 5.69 Å². The number of hydrogen-bond donors (Lipinski definition) is 0. The van der Waals surface area contributed by atoms with Gasteiger partial charge in [-0.25, -0.2) is 0 Å². The van der Waals surface area contributed by atoms with Crippen molar-refractivity contribution in [3.05, 3.63) is 80.9 Å². The number of nitro groups is 1. The van der Waals surface area contributed by atoms with Crippen molar-refractivity contribution in [3.63, 3.8) is 0 Å². The van der Waals surface area contributed by atoms with E-state index in [1.807, 2.05) is 12.1 Å². The van der Waals surface area contributed by atoms with Crippen LogP contribution in [0, 0.1) is 27.9 Å². The summed E-state index contributed by atoms with van der Waals surface area (Å²) in [5.74, 6) is 2.71. The van der Waals surface area contributed by atoms with Crippen molar-refractivity contribution in [1.29, 1.82) is 0 Å². The number of nitro benzene ring substituents is 1. The molecule has 0 heterocycles. The lowest BCUT2D eigenvalue weighted by Gasteiger charge is -2.57. The van der Waals surface area contributed by atoms with Crippen molar-refractivity contribution in [2.75, 3.05) is 0 Å². The van der Waals surface area contributed by atoms with Crippen molar-refractivity contribution >= 4 is 11.4 Å². The van der Waals surface area contributed by atoms with Gasteiger partial charge in [-0.2, -0.15) is 4.79 Å². The van der Waals surface area contributed by atoms with Gasteiger partial charge in [-0.15, -0.1) is 0 Å². The molecule has 4 fully saturated rings. The number of benzene rings is 2. The minimum absolute atomic E-state index is 0.0261. The molecule has 0 aliphatic heterocycles. The Morgan fingerprint density at radius 1 is 0.893 bits per heavy atom. The number of rotatable bonds is 4. The second-order valence-corrected chi connectivity index (χ2v) is 9.03. The Balaban J connectivity index is 1.43. The summed E-state index contributed by atoms with van der Waals surface area (Å²) in [6.45, 7) is 0. The van der Waals surface area contributed by atoms with E-state index in [0.717, 1.165) is 23.3 Å². The van der Waals surface area contributed by atoms with E-state index < -0.39 is 4.92 Å². The SMILES string of the molecule is [N-]=[N+]=C(c1ccc([N+](=O)[O-])cc1)c1ccc(C23CC4CC(CC(C4)C2)C3)cc1. The van der Waals surface area contributed by atoms with Gasteiger partial charge in [0, 0.05) is 12.1 Å². The summed E-state index contributed by atoms with van der Waals surface area (Å²) in [6.07, 6.45) is 8.25. The van der Waals surface area contributed by atoms with E-state index in [4.69, 9.17) is 0 Å². The first kappa shape index (κ1) is 17.3. The van der Waals surface area contributed by atoms with Crippen LogP contribution in [-0.4, -0.2) is 15.4 Å². The molecular weight excluding hydrogens is 350 g/mol. The molecule has 0 amide bonds. The topological polar surface area (TPSA) is 79.5 Å². The van der Waals surface area contributed by atoms with E-state index >= 15 is 0 Å². The molecule has 0 radical (unpaired) electrons. The fraction of sp³-hybridized carbons (Fsp3) is 0.435. The first-order chi connectivity index (χ1) is 13.6. The van der Waals surface area contributed by atoms with Crippen molar-refractivity contribution < 1.29 is 9.71 Å². The van der Waals surface area contributed by atoms with Gasteiger partial charge in [0.05, 0.1) is 16.1 Å². The molecule has 6 rings (SSSR count). The molecule has 5 nitrogen and oxygen atoms in total. The molecule has 28 heavy (non-hydrogen) atoms. The average Bonchev–Trinajstić information content (AvgIpc) is 2.68. The van der Waals surface area contributed by atoms with Crippen LogP contribution in [0.4, 0.5) is 5.69 Å². The zero-order chi connectivity index (χ0) is 19.3. The Labute approximate surface area is 164 Å². The van der Waals surface area contributed by atoms with E-state index in [-0.39, 0.29) is 5.69 Å². The summed E-state index contributed by atoms with van der Waals surface area (Å²) in [5, 5.41) is 10.8. The van der Waals surface area contributed by atoms with Crippen molar-refractivity contribution in [2.24, 2.45) is 17.8 Å². The maximum Gasteiger partial charge on any atom is 0.329 e. The molecule has 4 saturated carbocycles. The highest BCUT2D eigenvalue weighted by molar-refractivity contribution is 6.09. The molecule has 5 heteroatoms. The lowest BCUT2D eigenvalue weighted by molar-refractivity contribution is -0.384. The Morgan fingerprint density at radius 2 is 1.36 bits per heavy atom. The van der Waals surface area contributed by atoms with Crippen LogP contribution >= 0.6 is 0 Å². The van der Waals surface area contributed by atoms with Crippen LogP contribution < -0.4 is 0 Å². The van der Waals surface area contributed by atoms with Crippen LogP contribution in [0.15, 0.2) is 48.5 Å². The lowest BCUT2D eigenvalue weighted by atomic mass is 9.48. The number of hydrogen-bond acceptors (Lipinski definition) is 2. The second-order valence-electron chi connectivity index (χ2n) is 9.03.